The number of fused-ring (bicyclic) bond motifs is 2. The number of amidine groups is 1. The number of rotatable bonds is 4. The highest BCUT2D eigenvalue weighted by Crippen LogP contribution is 2.39. The first kappa shape index (κ1) is 21.3. The van der Waals surface area contributed by atoms with E-state index in [1.54, 1.807) is 24.5 Å². The Morgan fingerprint density at radius 1 is 1.06 bits per heavy atom. The molecule has 0 bridgehead atoms. The molecule has 0 spiro atoms. The quantitative estimate of drug-likeness (QED) is 0.286. The summed E-state index contributed by atoms with van der Waals surface area (Å²) in [5.74, 6) is 1.09. The van der Waals surface area contributed by atoms with E-state index in [9.17, 15) is 4.39 Å². The van der Waals surface area contributed by atoms with E-state index >= 15 is 0 Å². The van der Waals surface area contributed by atoms with Crippen molar-refractivity contribution in [1.82, 2.24) is 15.4 Å². The van der Waals surface area contributed by atoms with Crippen LogP contribution in [0.2, 0.25) is 5.02 Å². The first-order valence-electron chi connectivity index (χ1n) is 10.5. The van der Waals surface area contributed by atoms with E-state index in [0.717, 1.165) is 32.5 Å². The van der Waals surface area contributed by atoms with Gasteiger partial charge >= 0.3 is 0 Å². The average Bonchev–Trinajstić information content (AvgIpc) is 3.58. The number of aromatic nitrogens is 2. The van der Waals surface area contributed by atoms with Crippen molar-refractivity contribution in [2.75, 3.05) is 12.1 Å². The van der Waals surface area contributed by atoms with Crippen molar-refractivity contribution in [2.45, 2.75) is 12.5 Å². The Morgan fingerprint density at radius 3 is 2.68 bits per heavy atom. The number of hydrazine groups is 1. The monoisotopic (exact) mass is 509 g/mol. The van der Waals surface area contributed by atoms with Gasteiger partial charge in [-0.1, -0.05) is 58.5 Å². The topological polar surface area (TPSA) is 62.6 Å². The molecule has 1 saturated heterocycles. The summed E-state index contributed by atoms with van der Waals surface area (Å²) < 4.78 is 20.9. The van der Waals surface area contributed by atoms with E-state index in [2.05, 4.69) is 28.6 Å². The Balaban J connectivity index is 1.39. The van der Waals surface area contributed by atoms with Crippen LogP contribution in [0.1, 0.15) is 18.0 Å². The molecule has 6 nitrogen and oxygen atoms in total. The van der Waals surface area contributed by atoms with Gasteiger partial charge in [0, 0.05) is 6.42 Å². The SMILES string of the molecule is COc1ccc(C2C/C(=N/c3nc4ccc(F)c(Cl)c4s3)NN2c2nc3ccccc3s2)cc1. The summed E-state index contributed by atoms with van der Waals surface area (Å²) in [6, 6.07) is 19.0. The van der Waals surface area contributed by atoms with Gasteiger partial charge in [-0.3, -0.25) is 10.4 Å². The third kappa shape index (κ3) is 3.75. The van der Waals surface area contributed by atoms with Gasteiger partial charge in [-0.2, -0.15) is 0 Å². The number of thiazole rings is 2. The maximum Gasteiger partial charge on any atom is 0.212 e. The Hall–Kier alpha value is -3.27. The molecule has 0 radical (unpaired) electrons. The van der Waals surface area contributed by atoms with Gasteiger partial charge in [0.1, 0.15) is 17.4 Å². The molecule has 1 fully saturated rings. The summed E-state index contributed by atoms with van der Waals surface area (Å²) >= 11 is 9.02. The Labute approximate surface area is 207 Å². The van der Waals surface area contributed by atoms with E-state index in [0.29, 0.717) is 21.8 Å². The molecule has 10 heteroatoms. The van der Waals surface area contributed by atoms with Gasteiger partial charge in [-0.25, -0.2) is 19.4 Å². The fourth-order valence-electron chi connectivity index (χ4n) is 3.93. The molecular formula is C24H17ClFN5OS2. The summed E-state index contributed by atoms with van der Waals surface area (Å²) in [5.41, 5.74) is 6.11. The number of ether oxygens (including phenoxy) is 1. The normalized spacial score (nSPS) is 17.1. The zero-order chi connectivity index (χ0) is 23.2. The fourth-order valence-corrected chi connectivity index (χ4v) is 6.07. The molecule has 170 valence electrons. The first-order valence-corrected chi connectivity index (χ1v) is 12.5. The van der Waals surface area contributed by atoms with E-state index in [1.165, 1.54) is 17.4 Å². The van der Waals surface area contributed by atoms with Crippen molar-refractivity contribution in [1.29, 1.82) is 0 Å². The number of nitrogens with zero attached hydrogens (tertiary/aromatic N) is 4. The van der Waals surface area contributed by atoms with Crippen LogP contribution in [0.15, 0.2) is 65.7 Å². The average molecular weight is 510 g/mol. The second-order valence-corrected chi connectivity index (χ2v) is 10.1. The molecule has 1 aliphatic rings. The first-order chi connectivity index (χ1) is 16.6. The van der Waals surface area contributed by atoms with Crippen molar-refractivity contribution in [2.24, 2.45) is 4.99 Å². The van der Waals surface area contributed by atoms with Crippen LogP contribution in [-0.2, 0) is 0 Å². The number of benzene rings is 3. The third-order valence-corrected chi connectivity index (χ3v) is 8.11. The van der Waals surface area contributed by atoms with Gasteiger partial charge in [0.05, 0.1) is 38.6 Å². The molecule has 1 aliphatic heterocycles. The minimum absolute atomic E-state index is 0.0272. The van der Waals surface area contributed by atoms with Crippen LogP contribution in [0.4, 0.5) is 14.7 Å². The smallest absolute Gasteiger partial charge is 0.212 e. The number of halogens is 2. The van der Waals surface area contributed by atoms with Crippen LogP contribution in [0.25, 0.3) is 20.4 Å². The van der Waals surface area contributed by atoms with E-state index in [-0.39, 0.29) is 11.1 Å². The zero-order valence-corrected chi connectivity index (χ0v) is 20.2. The summed E-state index contributed by atoms with van der Waals surface area (Å²) in [6.45, 7) is 0. The van der Waals surface area contributed by atoms with Crippen molar-refractivity contribution >= 4 is 70.8 Å². The highest BCUT2D eigenvalue weighted by atomic mass is 35.5. The van der Waals surface area contributed by atoms with Crippen molar-refractivity contribution in [3.8, 4) is 5.75 Å². The number of anilines is 1. The summed E-state index contributed by atoms with van der Waals surface area (Å²) in [6.07, 6.45) is 0.625. The lowest BCUT2D eigenvalue weighted by atomic mass is 10.0. The molecule has 0 aliphatic carbocycles. The number of hydrogen-bond acceptors (Lipinski definition) is 7. The molecule has 0 amide bonds. The van der Waals surface area contributed by atoms with Gasteiger partial charge in [0.25, 0.3) is 0 Å². The third-order valence-electron chi connectivity index (χ3n) is 5.61. The van der Waals surface area contributed by atoms with Crippen LogP contribution in [0, 0.1) is 5.82 Å². The molecule has 6 rings (SSSR count). The molecule has 0 saturated carbocycles. The Kier molecular flexibility index (Phi) is 5.32. The van der Waals surface area contributed by atoms with Crippen molar-refractivity contribution in [3.05, 3.63) is 77.1 Å². The predicted molar refractivity (Wildman–Crippen MR) is 137 cm³/mol. The maximum atomic E-state index is 13.9. The molecule has 3 aromatic carbocycles. The number of nitrogens with one attached hydrogen (secondary N) is 1. The van der Waals surface area contributed by atoms with Gasteiger partial charge in [0.2, 0.25) is 10.3 Å². The number of aliphatic imine (C=N–C) groups is 1. The van der Waals surface area contributed by atoms with Gasteiger partial charge in [-0.05, 0) is 42.0 Å². The van der Waals surface area contributed by atoms with Crippen LogP contribution < -0.4 is 15.2 Å². The van der Waals surface area contributed by atoms with Crippen molar-refractivity contribution < 1.29 is 9.13 Å². The van der Waals surface area contributed by atoms with Crippen LogP contribution in [0.3, 0.4) is 0 Å². The number of hydrogen-bond donors (Lipinski definition) is 1. The lowest BCUT2D eigenvalue weighted by molar-refractivity contribution is 0.414. The molecule has 1 N–H and O–H groups in total. The van der Waals surface area contributed by atoms with Gasteiger partial charge in [0.15, 0.2) is 0 Å². The van der Waals surface area contributed by atoms with E-state index < -0.39 is 5.82 Å². The minimum atomic E-state index is -0.461. The van der Waals surface area contributed by atoms with E-state index in [4.69, 9.17) is 26.3 Å². The van der Waals surface area contributed by atoms with Crippen LogP contribution in [0.5, 0.6) is 5.75 Å². The van der Waals surface area contributed by atoms with Crippen LogP contribution in [-0.4, -0.2) is 22.9 Å². The zero-order valence-electron chi connectivity index (χ0n) is 17.8. The highest BCUT2D eigenvalue weighted by molar-refractivity contribution is 7.22. The standard InChI is InChI=1S/C24H17ClFN5OS2/c1-32-14-8-6-13(7-9-14)18-12-20(29-23-27-17-11-10-15(26)21(25)22(17)34-23)30-31(18)24-28-16-4-2-3-5-19(16)33-24/h2-11,18H,12H2,1H3,(H,27,29,30). The molecule has 1 atom stereocenters. The summed E-state index contributed by atoms with van der Waals surface area (Å²) in [4.78, 5) is 14.1. The second-order valence-electron chi connectivity index (χ2n) is 7.70. The molecular weight excluding hydrogens is 493 g/mol. The molecule has 2 aromatic heterocycles. The molecule has 5 aromatic rings. The molecule has 1 unspecified atom stereocenters. The lowest BCUT2D eigenvalue weighted by Gasteiger charge is -2.23. The largest absolute Gasteiger partial charge is 0.497 e. The van der Waals surface area contributed by atoms with Crippen LogP contribution >= 0.6 is 34.3 Å². The number of methoxy groups -OCH3 is 1. The second kappa shape index (κ2) is 8.50. The summed E-state index contributed by atoms with van der Waals surface area (Å²) in [7, 11) is 1.65. The Morgan fingerprint density at radius 2 is 1.88 bits per heavy atom. The predicted octanol–water partition coefficient (Wildman–Crippen LogP) is 6.89. The fraction of sp³-hybridized carbons (Fsp3) is 0.125. The number of para-hydroxylation sites is 1. The summed E-state index contributed by atoms with van der Waals surface area (Å²) in [5, 5.41) is 3.49. The van der Waals surface area contributed by atoms with Crippen molar-refractivity contribution in [3.63, 3.8) is 0 Å². The van der Waals surface area contributed by atoms with Gasteiger partial charge in [-0.15, -0.1) is 0 Å². The van der Waals surface area contributed by atoms with E-state index in [1.807, 2.05) is 35.3 Å². The Bertz CT molecular complexity index is 1520. The molecule has 3 heterocycles. The highest BCUT2D eigenvalue weighted by Gasteiger charge is 2.33. The minimum Gasteiger partial charge on any atom is -0.497 e. The maximum absolute atomic E-state index is 13.9. The molecule has 34 heavy (non-hydrogen) atoms. The lowest BCUT2D eigenvalue weighted by Crippen LogP contribution is -2.34. The van der Waals surface area contributed by atoms with Gasteiger partial charge < -0.3 is 4.74 Å².